The van der Waals surface area contributed by atoms with Crippen molar-refractivity contribution < 1.29 is 4.79 Å². The molecule has 0 bridgehead atoms. The lowest BCUT2D eigenvalue weighted by Crippen LogP contribution is -2.39. The standard InChI is InChI=1S/C20H25N3O/c1-15-7-6-12-23(14-15)20(24)19-13-18(10-11-21-19)22-16(2)17-8-4-3-5-9-17/h3-5,8-11,13,15-16H,6-7,12,14H2,1-2H3,(H,21,22). The molecule has 1 aliphatic heterocycles. The molecule has 0 spiro atoms. The minimum atomic E-state index is 0.0394. The summed E-state index contributed by atoms with van der Waals surface area (Å²) in [5.41, 5.74) is 2.66. The Morgan fingerprint density at radius 2 is 2.08 bits per heavy atom. The minimum Gasteiger partial charge on any atom is -0.378 e. The Labute approximate surface area is 143 Å². The third-order valence-electron chi connectivity index (χ3n) is 4.61. The normalized spacial score (nSPS) is 18.9. The minimum absolute atomic E-state index is 0.0394. The Balaban J connectivity index is 1.71. The number of benzene rings is 1. The number of amides is 1. The van der Waals surface area contributed by atoms with Gasteiger partial charge in [-0.25, -0.2) is 0 Å². The first kappa shape index (κ1) is 16.5. The molecule has 1 saturated heterocycles. The summed E-state index contributed by atoms with van der Waals surface area (Å²) in [6.07, 6.45) is 3.99. The summed E-state index contributed by atoms with van der Waals surface area (Å²) >= 11 is 0. The molecule has 1 aliphatic rings. The molecular formula is C20H25N3O. The predicted molar refractivity (Wildman–Crippen MR) is 97.0 cm³/mol. The van der Waals surface area contributed by atoms with Gasteiger partial charge in [0.25, 0.3) is 5.91 Å². The molecule has 4 nitrogen and oxygen atoms in total. The van der Waals surface area contributed by atoms with Crippen molar-refractivity contribution in [2.75, 3.05) is 18.4 Å². The number of hydrogen-bond acceptors (Lipinski definition) is 3. The monoisotopic (exact) mass is 323 g/mol. The lowest BCUT2D eigenvalue weighted by atomic mass is 10.00. The number of carbonyl (C=O) groups is 1. The van der Waals surface area contributed by atoms with E-state index in [1.54, 1.807) is 6.20 Å². The van der Waals surface area contributed by atoms with Crippen molar-refractivity contribution in [3.05, 3.63) is 59.9 Å². The van der Waals surface area contributed by atoms with Gasteiger partial charge in [-0.15, -0.1) is 0 Å². The number of aromatic nitrogens is 1. The van der Waals surface area contributed by atoms with Crippen LogP contribution < -0.4 is 5.32 Å². The highest BCUT2D eigenvalue weighted by molar-refractivity contribution is 5.93. The molecule has 2 aromatic rings. The predicted octanol–water partition coefficient (Wildman–Crippen LogP) is 4.13. The molecule has 1 amide bonds. The number of rotatable bonds is 4. The van der Waals surface area contributed by atoms with Crippen LogP contribution in [-0.4, -0.2) is 28.9 Å². The third-order valence-corrected chi connectivity index (χ3v) is 4.61. The van der Waals surface area contributed by atoms with Gasteiger partial charge in [-0.1, -0.05) is 37.3 Å². The molecule has 126 valence electrons. The van der Waals surface area contributed by atoms with Crippen molar-refractivity contribution in [1.82, 2.24) is 9.88 Å². The summed E-state index contributed by atoms with van der Waals surface area (Å²) < 4.78 is 0. The summed E-state index contributed by atoms with van der Waals surface area (Å²) in [7, 11) is 0. The van der Waals surface area contributed by atoms with Crippen LogP contribution in [0.1, 0.15) is 48.8 Å². The van der Waals surface area contributed by atoms with Crippen LogP contribution in [0, 0.1) is 5.92 Å². The lowest BCUT2D eigenvalue weighted by Gasteiger charge is -2.30. The van der Waals surface area contributed by atoms with Crippen molar-refractivity contribution in [1.29, 1.82) is 0 Å². The van der Waals surface area contributed by atoms with Crippen LogP contribution in [0.5, 0.6) is 0 Å². The number of anilines is 1. The van der Waals surface area contributed by atoms with E-state index in [-0.39, 0.29) is 11.9 Å². The van der Waals surface area contributed by atoms with E-state index < -0.39 is 0 Å². The molecule has 1 aromatic carbocycles. The fraction of sp³-hybridized carbons (Fsp3) is 0.400. The zero-order chi connectivity index (χ0) is 16.9. The van der Waals surface area contributed by atoms with E-state index in [0.717, 1.165) is 25.2 Å². The van der Waals surface area contributed by atoms with Crippen molar-refractivity contribution in [2.45, 2.75) is 32.7 Å². The number of hydrogen-bond donors (Lipinski definition) is 1. The first-order valence-corrected chi connectivity index (χ1v) is 8.70. The Bertz CT molecular complexity index is 686. The van der Waals surface area contributed by atoms with Crippen LogP contribution in [0.3, 0.4) is 0 Å². The molecule has 0 radical (unpaired) electrons. The molecule has 1 aromatic heterocycles. The highest BCUT2D eigenvalue weighted by atomic mass is 16.2. The summed E-state index contributed by atoms with van der Waals surface area (Å²) in [5, 5.41) is 3.45. The van der Waals surface area contributed by atoms with Gasteiger partial charge in [-0.2, -0.15) is 0 Å². The van der Waals surface area contributed by atoms with Gasteiger partial charge < -0.3 is 10.2 Å². The smallest absolute Gasteiger partial charge is 0.272 e. The highest BCUT2D eigenvalue weighted by Crippen LogP contribution is 2.21. The van der Waals surface area contributed by atoms with Crippen molar-refractivity contribution in [3.63, 3.8) is 0 Å². The number of pyridine rings is 1. The first-order valence-electron chi connectivity index (χ1n) is 8.70. The second kappa shape index (κ2) is 7.47. The van der Waals surface area contributed by atoms with Gasteiger partial charge in [0.05, 0.1) is 0 Å². The quantitative estimate of drug-likeness (QED) is 0.920. The molecule has 1 fully saturated rings. The Hall–Kier alpha value is -2.36. The largest absolute Gasteiger partial charge is 0.378 e. The van der Waals surface area contributed by atoms with E-state index in [2.05, 4.69) is 36.3 Å². The molecular weight excluding hydrogens is 298 g/mol. The highest BCUT2D eigenvalue weighted by Gasteiger charge is 2.23. The van der Waals surface area contributed by atoms with Crippen molar-refractivity contribution >= 4 is 11.6 Å². The SMILES string of the molecule is CC1CCCN(C(=O)c2cc(NC(C)c3ccccc3)ccn2)C1. The van der Waals surface area contributed by atoms with Crippen LogP contribution in [-0.2, 0) is 0 Å². The fourth-order valence-electron chi connectivity index (χ4n) is 3.25. The van der Waals surface area contributed by atoms with E-state index in [1.807, 2.05) is 35.2 Å². The molecule has 24 heavy (non-hydrogen) atoms. The number of likely N-dealkylation sites (tertiary alicyclic amines) is 1. The van der Waals surface area contributed by atoms with Gasteiger partial charge >= 0.3 is 0 Å². The Kier molecular flexibility index (Phi) is 5.14. The molecule has 2 unspecified atom stereocenters. The van der Waals surface area contributed by atoms with Gasteiger partial charge in [0.15, 0.2) is 0 Å². The zero-order valence-corrected chi connectivity index (χ0v) is 14.4. The molecule has 4 heteroatoms. The number of nitrogens with zero attached hydrogens (tertiary/aromatic N) is 2. The van der Waals surface area contributed by atoms with Gasteiger partial charge in [-0.05, 0) is 43.4 Å². The second-order valence-electron chi connectivity index (χ2n) is 6.71. The zero-order valence-electron chi connectivity index (χ0n) is 14.4. The van der Waals surface area contributed by atoms with Crippen LogP contribution in [0.25, 0.3) is 0 Å². The van der Waals surface area contributed by atoms with Crippen LogP contribution >= 0.6 is 0 Å². The fourth-order valence-corrected chi connectivity index (χ4v) is 3.25. The van der Waals surface area contributed by atoms with Gasteiger partial charge in [-0.3, -0.25) is 9.78 Å². The summed E-state index contributed by atoms with van der Waals surface area (Å²) in [6.45, 7) is 5.98. The number of carbonyl (C=O) groups excluding carboxylic acids is 1. The van der Waals surface area contributed by atoms with Crippen LogP contribution in [0.2, 0.25) is 0 Å². The van der Waals surface area contributed by atoms with E-state index in [1.165, 1.54) is 12.0 Å². The lowest BCUT2D eigenvalue weighted by molar-refractivity contribution is 0.0677. The number of nitrogens with one attached hydrogen (secondary N) is 1. The Morgan fingerprint density at radius 1 is 1.29 bits per heavy atom. The molecule has 1 N–H and O–H groups in total. The number of piperidine rings is 1. The van der Waals surface area contributed by atoms with E-state index in [0.29, 0.717) is 11.6 Å². The molecule has 2 heterocycles. The summed E-state index contributed by atoms with van der Waals surface area (Å²) in [6, 6.07) is 14.2. The molecule has 0 saturated carbocycles. The molecule has 3 rings (SSSR count). The first-order chi connectivity index (χ1) is 11.6. The van der Waals surface area contributed by atoms with Crippen molar-refractivity contribution in [3.8, 4) is 0 Å². The van der Waals surface area contributed by atoms with E-state index >= 15 is 0 Å². The van der Waals surface area contributed by atoms with Gasteiger partial charge in [0, 0.05) is 31.0 Å². The maximum absolute atomic E-state index is 12.7. The maximum atomic E-state index is 12.7. The average Bonchev–Trinajstić information content (AvgIpc) is 2.62. The Morgan fingerprint density at radius 3 is 2.83 bits per heavy atom. The summed E-state index contributed by atoms with van der Waals surface area (Å²) in [4.78, 5) is 18.9. The van der Waals surface area contributed by atoms with Crippen LogP contribution in [0.15, 0.2) is 48.7 Å². The van der Waals surface area contributed by atoms with Gasteiger partial charge in [0.1, 0.15) is 5.69 Å². The van der Waals surface area contributed by atoms with Gasteiger partial charge in [0.2, 0.25) is 0 Å². The van der Waals surface area contributed by atoms with Crippen molar-refractivity contribution in [2.24, 2.45) is 5.92 Å². The third kappa shape index (κ3) is 3.94. The average molecular weight is 323 g/mol. The summed E-state index contributed by atoms with van der Waals surface area (Å²) in [5.74, 6) is 0.611. The van der Waals surface area contributed by atoms with Crippen LogP contribution in [0.4, 0.5) is 5.69 Å². The molecule has 0 aliphatic carbocycles. The van der Waals surface area contributed by atoms with E-state index in [9.17, 15) is 4.79 Å². The van der Waals surface area contributed by atoms with E-state index in [4.69, 9.17) is 0 Å². The second-order valence-corrected chi connectivity index (χ2v) is 6.71. The maximum Gasteiger partial charge on any atom is 0.272 e. The molecule has 2 atom stereocenters. The topological polar surface area (TPSA) is 45.2 Å².